The van der Waals surface area contributed by atoms with Crippen LogP contribution in [0.2, 0.25) is 0 Å². The first-order chi connectivity index (χ1) is 6.63. The highest BCUT2D eigenvalue weighted by Crippen LogP contribution is 2.30. The topological polar surface area (TPSA) is 53.1 Å². The van der Waals surface area contributed by atoms with Crippen molar-refractivity contribution >= 4 is 16.6 Å². The molecular formula is C10H13N3O. The van der Waals surface area contributed by atoms with E-state index in [0.29, 0.717) is 5.69 Å². The number of aromatic nitrogens is 2. The van der Waals surface area contributed by atoms with Gasteiger partial charge >= 0.3 is 0 Å². The largest absolute Gasteiger partial charge is 0.496 e. The SMILES string of the molecule is COc1cc(N)cc2c1c(C)nn2C. The average molecular weight is 191 g/mol. The summed E-state index contributed by atoms with van der Waals surface area (Å²) in [6.07, 6.45) is 0. The molecule has 0 bridgehead atoms. The molecule has 2 N–H and O–H groups in total. The zero-order valence-corrected chi connectivity index (χ0v) is 8.53. The lowest BCUT2D eigenvalue weighted by Crippen LogP contribution is -1.92. The molecule has 0 fully saturated rings. The van der Waals surface area contributed by atoms with Crippen LogP contribution in [0.5, 0.6) is 5.75 Å². The summed E-state index contributed by atoms with van der Waals surface area (Å²) in [5.41, 5.74) is 8.41. The van der Waals surface area contributed by atoms with Gasteiger partial charge in [0.25, 0.3) is 0 Å². The van der Waals surface area contributed by atoms with E-state index in [0.717, 1.165) is 22.3 Å². The molecular weight excluding hydrogens is 178 g/mol. The van der Waals surface area contributed by atoms with E-state index in [1.807, 2.05) is 30.8 Å². The minimum absolute atomic E-state index is 0.692. The van der Waals surface area contributed by atoms with Crippen molar-refractivity contribution in [2.45, 2.75) is 6.92 Å². The lowest BCUT2D eigenvalue weighted by molar-refractivity contribution is 0.420. The molecule has 2 aromatic rings. The second kappa shape index (κ2) is 2.90. The summed E-state index contributed by atoms with van der Waals surface area (Å²) in [5.74, 6) is 0.783. The highest BCUT2D eigenvalue weighted by atomic mass is 16.5. The van der Waals surface area contributed by atoms with Gasteiger partial charge in [0.1, 0.15) is 5.75 Å². The van der Waals surface area contributed by atoms with Crippen molar-refractivity contribution in [1.82, 2.24) is 9.78 Å². The molecule has 74 valence electrons. The summed E-state index contributed by atoms with van der Waals surface area (Å²) in [4.78, 5) is 0. The Morgan fingerprint density at radius 3 is 2.79 bits per heavy atom. The van der Waals surface area contributed by atoms with Crippen molar-refractivity contribution in [2.24, 2.45) is 7.05 Å². The zero-order valence-electron chi connectivity index (χ0n) is 8.53. The first kappa shape index (κ1) is 8.87. The van der Waals surface area contributed by atoms with Gasteiger partial charge in [0.15, 0.2) is 0 Å². The number of anilines is 1. The monoisotopic (exact) mass is 191 g/mol. The molecule has 2 rings (SSSR count). The van der Waals surface area contributed by atoms with Gasteiger partial charge in [-0.25, -0.2) is 0 Å². The van der Waals surface area contributed by atoms with Crippen molar-refractivity contribution in [2.75, 3.05) is 12.8 Å². The summed E-state index contributed by atoms with van der Waals surface area (Å²) >= 11 is 0. The van der Waals surface area contributed by atoms with Crippen molar-refractivity contribution in [3.8, 4) is 5.75 Å². The van der Waals surface area contributed by atoms with Gasteiger partial charge in [0.05, 0.1) is 23.7 Å². The third kappa shape index (κ3) is 1.11. The van der Waals surface area contributed by atoms with Crippen molar-refractivity contribution < 1.29 is 4.74 Å². The molecule has 1 heterocycles. The highest BCUT2D eigenvalue weighted by Gasteiger charge is 2.10. The Morgan fingerprint density at radius 1 is 1.43 bits per heavy atom. The van der Waals surface area contributed by atoms with Gasteiger partial charge in [0.2, 0.25) is 0 Å². The molecule has 0 saturated heterocycles. The number of rotatable bonds is 1. The van der Waals surface area contributed by atoms with Gasteiger partial charge in [-0.15, -0.1) is 0 Å². The predicted octanol–water partition coefficient (Wildman–Crippen LogP) is 1.47. The fraction of sp³-hybridized carbons (Fsp3) is 0.300. The van der Waals surface area contributed by atoms with Crippen LogP contribution in [0.25, 0.3) is 10.9 Å². The Hall–Kier alpha value is -1.71. The molecule has 4 nitrogen and oxygen atoms in total. The molecule has 4 heteroatoms. The van der Waals surface area contributed by atoms with E-state index < -0.39 is 0 Å². The van der Waals surface area contributed by atoms with Crippen LogP contribution in [-0.2, 0) is 7.05 Å². The van der Waals surface area contributed by atoms with Gasteiger partial charge in [-0.1, -0.05) is 0 Å². The van der Waals surface area contributed by atoms with Crippen molar-refractivity contribution in [3.63, 3.8) is 0 Å². The minimum atomic E-state index is 0.692. The lowest BCUT2D eigenvalue weighted by Gasteiger charge is -2.04. The maximum atomic E-state index is 5.76. The number of nitrogens with zero attached hydrogens (tertiary/aromatic N) is 2. The summed E-state index contributed by atoms with van der Waals surface area (Å²) < 4.78 is 7.08. The van der Waals surface area contributed by atoms with Crippen LogP contribution < -0.4 is 10.5 Å². The van der Waals surface area contributed by atoms with E-state index in [9.17, 15) is 0 Å². The number of nitrogen functional groups attached to an aromatic ring is 1. The second-order valence-corrected chi connectivity index (χ2v) is 3.33. The lowest BCUT2D eigenvalue weighted by atomic mass is 10.2. The summed E-state index contributed by atoms with van der Waals surface area (Å²) in [6.45, 7) is 1.96. The molecule has 0 aliphatic rings. The number of hydrogen-bond donors (Lipinski definition) is 1. The molecule has 0 saturated carbocycles. The number of fused-ring (bicyclic) bond motifs is 1. The normalized spacial score (nSPS) is 10.8. The third-order valence-electron chi connectivity index (χ3n) is 2.33. The molecule has 14 heavy (non-hydrogen) atoms. The number of ether oxygens (including phenoxy) is 1. The summed E-state index contributed by atoms with van der Waals surface area (Å²) in [5, 5.41) is 5.35. The quantitative estimate of drug-likeness (QED) is 0.694. The van der Waals surface area contributed by atoms with Crippen LogP contribution in [0.3, 0.4) is 0 Å². The number of nitrogens with two attached hydrogens (primary N) is 1. The van der Waals surface area contributed by atoms with Crippen LogP contribution >= 0.6 is 0 Å². The molecule has 1 aromatic carbocycles. The Kier molecular flexibility index (Phi) is 1.84. The van der Waals surface area contributed by atoms with Gasteiger partial charge in [-0.05, 0) is 13.0 Å². The third-order valence-corrected chi connectivity index (χ3v) is 2.33. The van der Waals surface area contributed by atoms with Gasteiger partial charge in [0, 0.05) is 18.8 Å². The Labute approximate surface area is 82.3 Å². The van der Waals surface area contributed by atoms with E-state index in [1.54, 1.807) is 7.11 Å². The van der Waals surface area contributed by atoms with Crippen molar-refractivity contribution in [1.29, 1.82) is 0 Å². The minimum Gasteiger partial charge on any atom is -0.496 e. The standard InChI is InChI=1S/C10H13N3O/c1-6-10-8(13(2)12-6)4-7(11)5-9(10)14-3/h4-5H,11H2,1-3H3. The molecule has 0 atom stereocenters. The van der Waals surface area contributed by atoms with Gasteiger partial charge in [-0.3, -0.25) is 4.68 Å². The smallest absolute Gasteiger partial charge is 0.132 e. The summed E-state index contributed by atoms with van der Waals surface area (Å²) in [7, 11) is 3.54. The average Bonchev–Trinajstić information content (AvgIpc) is 2.41. The maximum absolute atomic E-state index is 5.76. The molecule has 0 aliphatic carbocycles. The fourth-order valence-corrected chi connectivity index (χ4v) is 1.73. The predicted molar refractivity (Wildman–Crippen MR) is 56.4 cm³/mol. The molecule has 0 radical (unpaired) electrons. The van der Waals surface area contributed by atoms with Crippen LogP contribution in [0.4, 0.5) is 5.69 Å². The second-order valence-electron chi connectivity index (χ2n) is 3.33. The fourth-order valence-electron chi connectivity index (χ4n) is 1.73. The Morgan fingerprint density at radius 2 is 2.14 bits per heavy atom. The number of methoxy groups -OCH3 is 1. The molecule has 0 amide bonds. The first-order valence-corrected chi connectivity index (χ1v) is 4.40. The maximum Gasteiger partial charge on any atom is 0.132 e. The van der Waals surface area contributed by atoms with Crippen LogP contribution in [0, 0.1) is 6.92 Å². The molecule has 0 aliphatic heterocycles. The number of benzene rings is 1. The van der Waals surface area contributed by atoms with E-state index in [2.05, 4.69) is 5.10 Å². The number of aryl methyl sites for hydroxylation is 2. The Bertz CT molecular complexity index is 488. The zero-order chi connectivity index (χ0) is 10.3. The van der Waals surface area contributed by atoms with Crippen LogP contribution in [-0.4, -0.2) is 16.9 Å². The highest BCUT2D eigenvalue weighted by molar-refractivity contribution is 5.90. The van der Waals surface area contributed by atoms with E-state index in [-0.39, 0.29) is 0 Å². The van der Waals surface area contributed by atoms with E-state index >= 15 is 0 Å². The van der Waals surface area contributed by atoms with E-state index in [4.69, 9.17) is 10.5 Å². The number of hydrogen-bond acceptors (Lipinski definition) is 3. The van der Waals surface area contributed by atoms with Crippen LogP contribution in [0.15, 0.2) is 12.1 Å². The van der Waals surface area contributed by atoms with Crippen molar-refractivity contribution in [3.05, 3.63) is 17.8 Å². The van der Waals surface area contributed by atoms with Gasteiger partial charge < -0.3 is 10.5 Å². The van der Waals surface area contributed by atoms with E-state index in [1.165, 1.54) is 0 Å². The first-order valence-electron chi connectivity index (χ1n) is 4.40. The van der Waals surface area contributed by atoms with Gasteiger partial charge in [-0.2, -0.15) is 5.10 Å². The molecule has 1 aromatic heterocycles. The molecule has 0 spiro atoms. The summed E-state index contributed by atoms with van der Waals surface area (Å²) in [6, 6.07) is 3.72. The Balaban J connectivity index is 2.90. The van der Waals surface area contributed by atoms with Crippen LogP contribution in [0.1, 0.15) is 5.69 Å². The molecule has 0 unspecified atom stereocenters.